The van der Waals surface area contributed by atoms with E-state index >= 15 is 0 Å². The summed E-state index contributed by atoms with van der Waals surface area (Å²) in [5, 5.41) is 0. The Bertz CT molecular complexity index is 286. The Kier molecular flexibility index (Phi) is 3.37. The third-order valence-corrected chi connectivity index (χ3v) is 1.97. The molecule has 0 unspecified atom stereocenters. The lowest BCUT2D eigenvalue weighted by Crippen LogP contribution is -2.10. The average Bonchev–Trinajstić information content (AvgIpc) is 2.10. The lowest BCUT2D eigenvalue weighted by Gasteiger charge is -2.10. The van der Waals surface area contributed by atoms with Crippen LogP contribution >= 0.6 is 0 Å². The van der Waals surface area contributed by atoms with Crippen molar-refractivity contribution >= 4 is 0 Å². The zero-order chi connectivity index (χ0) is 9.84. The molecule has 0 radical (unpaired) electrons. The highest BCUT2D eigenvalue weighted by atomic mass is 19.2. The Morgan fingerprint density at radius 1 is 1.31 bits per heavy atom. The van der Waals surface area contributed by atoms with Crippen LogP contribution in [-0.4, -0.2) is 0 Å². The van der Waals surface area contributed by atoms with Gasteiger partial charge in [-0.15, -0.1) is 0 Å². The van der Waals surface area contributed by atoms with Crippen LogP contribution in [0.1, 0.15) is 31.4 Å². The molecule has 0 saturated carbocycles. The van der Waals surface area contributed by atoms with Crippen molar-refractivity contribution in [1.29, 1.82) is 0 Å². The summed E-state index contributed by atoms with van der Waals surface area (Å²) >= 11 is 0. The number of hydrogen-bond donors (Lipinski definition) is 1. The molecule has 1 nitrogen and oxygen atoms in total. The summed E-state index contributed by atoms with van der Waals surface area (Å²) in [6.45, 7) is 2.00. The number of nitrogens with two attached hydrogens (primary N) is 1. The van der Waals surface area contributed by atoms with E-state index in [-0.39, 0.29) is 6.04 Å². The molecule has 0 heterocycles. The van der Waals surface area contributed by atoms with Crippen LogP contribution in [0.3, 0.4) is 0 Å². The topological polar surface area (TPSA) is 26.0 Å². The zero-order valence-corrected chi connectivity index (χ0v) is 7.56. The fourth-order valence-electron chi connectivity index (χ4n) is 1.22. The lowest BCUT2D eigenvalue weighted by molar-refractivity contribution is 0.504. The summed E-state index contributed by atoms with van der Waals surface area (Å²) in [6.07, 6.45) is 1.71. The van der Waals surface area contributed by atoms with E-state index in [2.05, 4.69) is 0 Å². The fourth-order valence-corrected chi connectivity index (χ4v) is 1.22. The van der Waals surface area contributed by atoms with Gasteiger partial charge in [-0.2, -0.15) is 0 Å². The SMILES string of the molecule is CCC[C@@H](N)c1ccc(F)c(F)c1. The van der Waals surface area contributed by atoms with Gasteiger partial charge in [0.1, 0.15) is 0 Å². The first-order valence-electron chi connectivity index (χ1n) is 4.35. The van der Waals surface area contributed by atoms with Gasteiger partial charge >= 0.3 is 0 Å². The Hall–Kier alpha value is -0.960. The Labute approximate surface area is 76.6 Å². The molecule has 0 bridgehead atoms. The largest absolute Gasteiger partial charge is 0.324 e. The molecule has 2 N–H and O–H groups in total. The minimum atomic E-state index is -0.830. The molecule has 0 aliphatic carbocycles. The molecule has 0 amide bonds. The molecule has 1 atom stereocenters. The average molecular weight is 185 g/mol. The van der Waals surface area contributed by atoms with Gasteiger partial charge in [0.25, 0.3) is 0 Å². The Morgan fingerprint density at radius 3 is 2.54 bits per heavy atom. The quantitative estimate of drug-likeness (QED) is 0.769. The van der Waals surface area contributed by atoms with Crippen LogP contribution in [0.2, 0.25) is 0 Å². The highest BCUT2D eigenvalue weighted by Crippen LogP contribution is 2.17. The molecule has 72 valence electrons. The van der Waals surface area contributed by atoms with Crippen molar-refractivity contribution < 1.29 is 8.78 Å². The molecule has 0 aliphatic heterocycles. The van der Waals surface area contributed by atoms with E-state index in [1.54, 1.807) is 0 Å². The van der Waals surface area contributed by atoms with E-state index in [0.717, 1.165) is 25.0 Å². The molecule has 13 heavy (non-hydrogen) atoms. The molecule has 0 spiro atoms. The van der Waals surface area contributed by atoms with Crippen LogP contribution in [0.4, 0.5) is 8.78 Å². The van der Waals surface area contributed by atoms with Crippen LogP contribution < -0.4 is 5.73 Å². The van der Waals surface area contributed by atoms with Gasteiger partial charge in [0.05, 0.1) is 0 Å². The predicted octanol–water partition coefficient (Wildman–Crippen LogP) is 2.76. The van der Waals surface area contributed by atoms with E-state index < -0.39 is 11.6 Å². The summed E-state index contributed by atoms with van der Waals surface area (Å²) in [4.78, 5) is 0. The van der Waals surface area contributed by atoms with Crippen LogP contribution in [-0.2, 0) is 0 Å². The first-order valence-corrected chi connectivity index (χ1v) is 4.35. The standard InChI is InChI=1S/C10H13F2N/c1-2-3-10(13)7-4-5-8(11)9(12)6-7/h4-6,10H,2-3,13H2,1H3/t10-/m1/s1. The maximum absolute atomic E-state index is 12.7. The molecule has 1 rings (SSSR count). The highest BCUT2D eigenvalue weighted by molar-refractivity contribution is 5.20. The van der Waals surface area contributed by atoms with E-state index in [0.29, 0.717) is 5.56 Å². The second-order valence-corrected chi connectivity index (χ2v) is 3.07. The number of halogens is 2. The number of rotatable bonds is 3. The highest BCUT2D eigenvalue weighted by Gasteiger charge is 2.08. The van der Waals surface area contributed by atoms with E-state index in [1.807, 2.05) is 6.92 Å². The first-order chi connectivity index (χ1) is 6.15. The maximum Gasteiger partial charge on any atom is 0.159 e. The summed E-state index contributed by atoms with van der Waals surface area (Å²) in [6, 6.07) is 3.61. The van der Waals surface area contributed by atoms with E-state index in [4.69, 9.17) is 5.73 Å². The molecule has 1 aromatic rings. The first kappa shape index (κ1) is 10.1. The van der Waals surface area contributed by atoms with E-state index in [1.165, 1.54) is 6.07 Å². The van der Waals surface area contributed by atoms with Crippen LogP contribution in [0.15, 0.2) is 18.2 Å². The monoisotopic (exact) mass is 185 g/mol. The minimum Gasteiger partial charge on any atom is -0.324 e. The Balaban J connectivity index is 2.84. The van der Waals surface area contributed by atoms with Gasteiger partial charge in [-0.3, -0.25) is 0 Å². The predicted molar refractivity (Wildman–Crippen MR) is 48.2 cm³/mol. The van der Waals surface area contributed by atoms with Gasteiger partial charge in [0.2, 0.25) is 0 Å². The molecule has 0 aromatic heterocycles. The van der Waals surface area contributed by atoms with Crippen molar-refractivity contribution in [2.24, 2.45) is 5.73 Å². The van der Waals surface area contributed by atoms with Crippen molar-refractivity contribution in [2.75, 3.05) is 0 Å². The smallest absolute Gasteiger partial charge is 0.159 e. The van der Waals surface area contributed by atoms with Gasteiger partial charge < -0.3 is 5.73 Å². The molecule has 3 heteroatoms. The molecular formula is C10H13F2N. The van der Waals surface area contributed by atoms with Crippen molar-refractivity contribution in [3.8, 4) is 0 Å². The molecule has 0 saturated heterocycles. The fraction of sp³-hybridized carbons (Fsp3) is 0.400. The molecule has 0 fully saturated rings. The normalized spacial score (nSPS) is 12.9. The van der Waals surface area contributed by atoms with Gasteiger partial charge in [-0.1, -0.05) is 19.4 Å². The zero-order valence-electron chi connectivity index (χ0n) is 7.56. The van der Waals surface area contributed by atoms with Gasteiger partial charge in [0.15, 0.2) is 11.6 Å². The number of hydrogen-bond acceptors (Lipinski definition) is 1. The lowest BCUT2D eigenvalue weighted by atomic mass is 10.0. The van der Waals surface area contributed by atoms with E-state index in [9.17, 15) is 8.78 Å². The van der Waals surface area contributed by atoms with Crippen LogP contribution in [0.5, 0.6) is 0 Å². The Morgan fingerprint density at radius 2 is 2.00 bits per heavy atom. The molecule has 1 aromatic carbocycles. The maximum atomic E-state index is 12.7. The number of benzene rings is 1. The van der Waals surface area contributed by atoms with Crippen molar-refractivity contribution in [2.45, 2.75) is 25.8 Å². The van der Waals surface area contributed by atoms with Crippen molar-refractivity contribution in [3.05, 3.63) is 35.4 Å². The minimum absolute atomic E-state index is 0.194. The second kappa shape index (κ2) is 4.33. The summed E-state index contributed by atoms with van der Waals surface area (Å²) < 4.78 is 25.3. The second-order valence-electron chi connectivity index (χ2n) is 3.07. The van der Waals surface area contributed by atoms with Crippen LogP contribution in [0.25, 0.3) is 0 Å². The van der Waals surface area contributed by atoms with Gasteiger partial charge in [-0.25, -0.2) is 8.78 Å². The summed E-state index contributed by atoms with van der Waals surface area (Å²) in [5.74, 6) is -1.66. The van der Waals surface area contributed by atoms with Crippen molar-refractivity contribution in [1.82, 2.24) is 0 Å². The third-order valence-electron chi connectivity index (χ3n) is 1.97. The van der Waals surface area contributed by atoms with Crippen LogP contribution in [0, 0.1) is 11.6 Å². The third kappa shape index (κ3) is 2.49. The molecule has 0 aliphatic rings. The summed E-state index contributed by atoms with van der Waals surface area (Å²) in [5.41, 5.74) is 6.39. The van der Waals surface area contributed by atoms with Crippen molar-refractivity contribution in [3.63, 3.8) is 0 Å². The van der Waals surface area contributed by atoms with Gasteiger partial charge in [0, 0.05) is 6.04 Å². The summed E-state index contributed by atoms with van der Waals surface area (Å²) in [7, 11) is 0. The molecular weight excluding hydrogens is 172 g/mol. The van der Waals surface area contributed by atoms with Gasteiger partial charge in [-0.05, 0) is 24.1 Å².